The molecular weight excluding hydrogens is 331 g/mol. The number of anilines is 1. The summed E-state index contributed by atoms with van der Waals surface area (Å²) in [6.07, 6.45) is 0. The standard InChI is InChI=1S/C14H10Cl2N2O4/c1-22-13-6-8(15)2-4-10(13)14(19)17-12-7-9(18(20)21)3-5-11(12)16/h2-7H,1H3,(H,17,19). The van der Waals surface area contributed by atoms with E-state index in [1.54, 1.807) is 0 Å². The Morgan fingerprint density at radius 3 is 2.59 bits per heavy atom. The van der Waals surface area contributed by atoms with Gasteiger partial charge in [-0.05, 0) is 24.3 Å². The average molecular weight is 341 g/mol. The number of non-ortho nitro benzene ring substituents is 1. The summed E-state index contributed by atoms with van der Waals surface area (Å²) in [6, 6.07) is 8.29. The highest BCUT2D eigenvalue weighted by atomic mass is 35.5. The maximum atomic E-state index is 12.3. The van der Waals surface area contributed by atoms with Gasteiger partial charge in [0.05, 0.1) is 28.3 Å². The lowest BCUT2D eigenvalue weighted by molar-refractivity contribution is -0.384. The molecule has 0 unspecified atom stereocenters. The number of ether oxygens (including phenoxy) is 1. The van der Waals surface area contributed by atoms with Crippen LogP contribution in [0.5, 0.6) is 5.75 Å². The molecule has 0 aliphatic rings. The van der Waals surface area contributed by atoms with Crippen LogP contribution in [0.15, 0.2) is 36.4 Å². The summed E-state index contributed by atoms with van der Waals surface area (Å²) in [7, 11) is 1.41. The first-order valence-corrected chi connectivity index (χ1v) is 6.77. The minimum absolute atomic E-state index is 0.137. The van der Waals surface area contributed by atoms with Gasteiger partial charge in [-0.15, -0.1) is 0 Å². The number of amides is 1. The molecule has 1 N–H and O–H groups in total. The maximum Gasteiger partial charge on any atom is 0.271 e. The second kappa shape index (κ2) is 6.64. The topological polar surface area (TPSA) is 81.5 Å². The first-order chi connectivity index (χ1) is 10.4. The molecule has 0 aromatic heterocycles. The summed E-state index contributed by atoms with van der Waals surface area (Å²) in [4.78, 5) is 22.5. The van der Waals surface area contributed by atoms with Crippen molar-refractivity contribution in [3.05, 3.63) is 62.1 Å². The summed E-state index contributed by atoms with van der Waals surface area (Å²) in [5.74, 6) is -0.234. The summed E-state index contributed by atoms with van der Waals surface area (Å²) < 4.78 is 5.09. The lowest BCUT2D eigenvalue weighted by Crippen LogP contribution is -2.13. The van der Waals surface area contributed by atoms with Crippen molar-refractivity contribution in [1.29, 1.82) is 0 Å². The zero-order valence-corrected chi connectivity index (χ0v) is 12.8. The quantitative estimate of drug-likeness (QED) is 0.669. The maximum absolute atomic E-state index is 12.3. The second-order valence-electron chi connectivity index (χ2n) is 4.22. The van der Waals surface area contributed by atoms with Gasteiger partial charge in [0.25, 0.3) is 11.6 Å². The van der Waals surface area contributed by atoms with E-state index in [9.17, 15) is 14.9 Å². The smallest absolute Gasteiger partial charge is 0.271 e. The van der Waals surface area contributed by atoms with E-state index in [0.717, 1.165) is 0 Å². The molecule has 2 aromatic rings. The van der Waals surface area contributed by atoms with E-state index >= 15 is 0 Å². The van der Waals surface area contributed by atoms with E-state index in [2.05, 4.69) is 5.32 Å². The number of benzene rings is 2. The molecule has 6 nitrogen and oxygen atoms in total. The Labute approximate surface area is 135 Å². The van der Waals surface area contributed by atoms with Crippen LogP contribution in [0.4, 0.5) is 11.4 Å². The number of nitrogens with one attached hydrogen (secondary N) is 1. The van der Waals surface area contributed by atoms with Gasteiger partial charge in [-0.3, -0.25) is 14.9 Å². The van der Waals surface area contributed by atoms with Crippen LogP contribution in [0.1, 0.15) is 10.4 Å². The molecular formula is C14H10Cl2N2O4. The number of nitro benzene ring substituents is 1. The SMILES string of the molecule is COc1cc(Cl)ccc1C(=O)Nc1cc([N+](=O)[O-])ccc1Cl. The Balaban J connectivity index is 2.33. The third-order valence-corrected chi connectivity index (χ3v) is 3.38. The van der Waals surface area contributed by atoms with Gasteiger partial charge in [0.15, 0.2) is 0 Å². The van der Waals surface area contributed by atoms with Crippen molar-refractivity contribution in [3.8, 4) is 5.75 Å². The fraction of sp³-hybridized carbons (Fsp3) is 0.0714. The Kier molecular flexibility index (Phi) is 4.85. The Bertz CT molecular complexity index is 750. The van der Waals surface area contributed by atoms with Crippen molar-refractivity contribution in [2.75, 3.05) is 12.4 Å². The van der Waals surface area contributed by atoms with Gasteiger partial charge in [-0.25, -0.2) is 0 Å². The summed E-state index contributed by atoms with van der Waals surface area (Å²) in [5.41, 5.74) is 0.190. The number of carbonyl (C=O) groups excluding carboxylic acids is 1. The highest BCUT2D eigenvalue weighted by molar-refractivity contribution is 6.34. The van der Waals surface area contributed by atoms with Gasteiger partial charge in [0.1, 0.15) is 5.75 Å². The summed E-state index contributed by atoms with van der Waals surface area (Å²) in [6.45, 7) is 0. The molecule has 0 saturated carbocycles. The van der Waals surface area contributed by atoms with E-state index in [1.807, 2.05) is 0 Å². The van der Waals surface area contributed by atoms with Crippen LogP contribution in [-0.4, -0.2) is 17.9 Å². The number of halogens is 2. The highest BCUT2D eigenvalue weighted by Gasteiger charge is 2.16. The van der Waals surface area contributed by atoms with Gasteiger partial charge in [-0.2, -0.15) is 0 Å². The minimum Gasteiger partial charge on any atom is -0.496 e. The van der Waals surface area contributed by atoms with Gasteiger partial charge >= 0.3 is 0 Å². The predicted molar refractivity (Wildman–Crippen MR) is 84.1 cm³/mol. The first kappa shape index (κ1) is 16.1. The number of methoxy groups -OCH3 is 1. The van der Waals surface area contributed by atoms with Crippen LogP contribution in [0, 0.1) is 10.1 Å². The molecule has 2 aromatic carbocycles. The lowest BCUT2D eigenvalue weighted by Gasteiger charge is -2.10. The molecule has 0 bridgehead atoms. The number of carbonyl (C=O) groups is 1. The fourth-order valence-electron chi connectivity index (χ4n) is 1.76. The molecule has 114 valence electrons. The molecule has 0 atom stereocenters. The number of rotatable bonds is 4. The van der Waals surface area contributed by atoms with Gasteiger partial charge in [0.2, 0.25) is 0 Å². The van der Waals surface area contributed by atoms with Crippen molar-refractivity contribution >= 4 is 40.5 Å². The Morgan fingerprint density at radius 1 is 1.23 bits per heavy atom. The van der Waals surface area contributed by atoms with Crippen LogP contribution in [-0.2, 0) is 0 Å². The van der Waals surface area contributed by atoms with E-state index in [1.165, 1.54) is 43.5 Å². The van der Waals surface area contributed by atoms with E-state index in [4.69, 9.17) is 27.9 Å². The predicted octanol–water partition coefficient (Wildman–Crippen LogP) is 4.16. The van der Waals surface area contributed by atoms with Crippen LogP contribution in [0.3, 0.4) is 0 Å². The molecule has 0 aliphatic heterocycles. The number of hydrogen-bond donors (Lipinski definition) is 1. The fourth-order valence-corrected chi connectivity index (χ4v) is 2.09. The molecule has 0 fully saturated rings. The molecule has 22 heavy (non-hydrogen) atoms. The largest absolute Gasteiger partial charge is 0.496 e. The average Bonchev–Trinajstić information content (AvgIpc) is 2.48. The summed E-state index contributed by atoms with van der Waals surface area (Å²) >= 11 is 11.8. The normalized spacial score (nSPS) is 10.1. The second-order valence-corrected chi connectivity index (χ2v) is 5.06. The Hall–Kier alpha value is -2.31. The van der Waals surface area contributed by atoms with Gasteiger partial charge < -0.3 is 10.1 Å². The molecule has 0 saturated heterocycles. The van der Waals surface area contributed by atoms with Crippen molar-refractivity contribution in [1.82, 2.24) is 0 Å². The van der Waals surface area contributed by atoms with E-state index in [0.29, 0.717) is 5.02 Å². The molecule has 1 amide bonds. The van der Waals surface area contributed by atoms with Crippen LogP contribution < -0.4 is 10.1 Å². The zero-order chi connectivity index (χ0) is 16.3. The van der Waals surface area contributed by atoms with Gasteiger partial charge in [-0.1, -0.05) is 23.2 Å². The van der Waals surface area contributed by atoms with Gasteiger partial charge in [0, 0.05) is 17.2 Å². The van der Waals surface area contributed by atoms with E-state index in [-0.39, 0.29) is 27.7 Å². The molecule has 0 heterocycles. The minimum atomic E-state index is -0.575. The van der Waals surface area contributed by atoms with Crippen LogP contribution in [0.2, 0.25) is 10.0 Å². The number of hydrogen-bond acceptors (Lipinski definition) is 4. The van der Waals surface area contributed by atoms with E-state index < -0.39 is 10.8 Å². The number of nitro groups is 1. The molecule has 8 heteroatoms. The molecule has 0 spiro atoms. The van der Waals surface area contributed by atoms with Crippen LogP contribution >= 0.6 is 23.2 Å². The Morgan fingerprint density at radius 2 is 1.95 bits per heavy atom. The van der Waals surface area contributed by atoms with Crippen molar-refractivity contribution < 1.29 is 14.5 Å². The molecule has 0 radical (unpaired) electrons. The van der Waals surface area contributed by atoms with Crippen molar-refractivity contribution in [2.24, 2.45) is 0 Å². The number of nitrogens with zero attached hydrogens (tertiary/aromatic N) is 1. The van der Waals surface area contributed by atoms with Crippen LogP contribution in [0.25, 0.3) is 0 Å². The third kappa shape index (κ3) is 3.47. The monoisotopic (exact) mass is 340 g/mol. The third-order valence-electron chi connectivity index (χ3n) is 2.82. The highest BCUT2D eigenvalue weighted by Crippen LogP contribution is 2.29. The summed E-state index contributed by atoms with van der Waals surface area (Å²) in [5, 5.41) is 13.9. The lowest BCUT2D eigenvalue weighted by atomic mass is 10.1. The molecule has 2 rings (SSSR count). The van der Waals surface area contributed by atoms with Crippen molar-refractivity contribution in [2.45, 2.75) is 0 Å². The molecule has 0 aliphatic carbocycles. The first-order valence-electron chi connectivity index (χ1n) is 6.01. The van der Waals surface area contributed by atoms with Crippen molar-refractivity contribution in [3.63, 3.8) is 0 Å². The zero-order valence-electron chi connectivity index (χ0n) is 11.3.